The molecule has 3 nitrogen and oxygen atoms in total. The normalized spacial score (nSPS) is 11.6. The summed E-state index contributed by atoms with van der Waals surface area (Å²) in [7, 11) is 0. The molecule has 2 N–H and O–H groups in total. The van der Waals surface area contributed by atoms with E-state index < -0.39 is 5.91 Å². The molecule has 1 heterocycles. The van der Waals surface area contributed by atoms with E-state index in [-0.39, 0.29) is 0 Å². The number of aromatic nitrogens is 1. The van der Waals surface area contributed by atoms with Crippen molar-refractivity contribution in [1.82, 2.24) is 4.57 Å². The van der Waals surface area contributed by atoms with Crippen molar-refractivity contribution >= 4 is 27.7 Å². The zero-order chi connectivity index (χ0) is 20.0. The molecule has 0 atom stereocenters. The van der Waals surface area contributed by atoms with Crippen LogP contribution in [0.1, 0.15) is 52.4 Å². The molecule has 0 unspecified atom stereocenters. The number of hydrogen-bond acceptors (Lipinski definition) is 1. The molecule has 0 aliphatic carbocycles. The van der Waals surface area contributed by atoms with E-state index >= 15 is 0 Å². The standard InChI is InChI=1S/C25H25N2O/c1-15(2)18-11-12-19-23(13-18)27(14-21-16(3)7-5-8-17(21)4)22-10-6-9-20(24(19)22)25(26)28/h5-11,13,15H,14H2,1-4H3,(H2,26,28). The highest BCUT2D eigenvalue weighted by Crippen LogP contribution is 2.34. The SMILES string of the molecule is Cc1cccc(C)c1Cn1c2cc(C(C)C)c[c]c2c2c(C(N)=O)cccc21. The van der Waals surface area contributed by atoms with E-state index in [4.69, 9.17) is 5.73 Å². The van der Waals surface area contributed by atoms with Gasteiger partial charge in [-0.25, -0.2) is 0 Å². The van der Waals surface area contributed by atoms with Crippen LogP contribution in [-0.4, -0.2) is 10.5 Å². The van der Waals surface area contributed by atoms with Gasteiger partial charge in [-0.1, -0.05) is 44.2 Å². The summed E-state index contributed by atoms with van der Waals surface area (Å²) in [6.07, 6.45) is 0. The van der Waals surface area contributed by atoms with Gasteiger partial charge in [-0.3, -0.25) is 4.79 Å². The first-order valence-electron chi connectivity index (χ1n) is 9.70. The lowest BCUT2D eigenvalue weighted by atomic mass is 10.00. The van der Waals surface area contributed by atoms with Gasteiger partial charge in [0.05, 0.1) is 11.0 Å². The summed E-state index contributed by atoms with van der Waals surface area (Å²) in [6.45, 7) is 9.41. The molecule has 28 heavy (non-hydrogen) atoms. The van der Waals surface area contributed by atoms with Gasteiger partial charge in [0, 0.05) is 22.9 Å². The molecule has 1 amide bonds. The predicted octanol–water partition coefficient (Wildman–Crippen LogP) is 5.48. The summed E-state index contributed by atoms with van der Waals surface area (Å²) in [6, 6.07) is 19.9. The Kier molecular flexibility index (Phi) is 4.46. The van der Waals surface area contributed by atoms with E-state index in [9.17, 15) is 4.79 Å². The van der Waals surface area contributed by atoms with Crippen LogP contribution in [0.3, 0.4) is 0 Å². The molecule has 4 aromatic rings. The van der Waals surface area contributed by atoms with Crippen LogP contribution in [0.5, 0.6) is 0 Å². The molecule has 0 aliphatic heterocycles. The van der Waals surface area contributed by atoms with Crippen molar-refractivity contribution in [2.24, 2.45) is 5.73 Å². The van der Waals surface area contributed by atoms with Gasteiger partial charge in [0.15, 0.2) is 0 Å². The Morgan fingerprint density at radius 1 is 1.07 bits per heavy atom. The minimum absolute atomic E-state index is 0.405. The molecule has 3 aromatic carbocycles. The molecule has 3 heteroatoms. The highest BCUT2D eigenvalue weighted by molar-refractivity contribution is 6.17. The largest absolute Gasteiger partial charge is 0.366 e. The van der Waals surface area contributed by atoms with Gasteiger partial charge in [-0.05, 0) is 66.3 Å². The van der Waals surface area contributed by atoms with Gasteiger partial charge >= 0.3 is 0 Å². The first kappa shape index (κ1) is 18.3. The Hall–Kier alpha value is -3.07. The molecule has 4 rings (SSSR count). The van der Waals surface area contributed by atoms with Crippen LogP contribution in [-0.2, 0) is 6.54 Å². The number of hydrogen-bond donors (Lipinski definition) is 1. The van der Waals surface area contributed by atoms with Gasteiger partial charge in [-0.2, -0.15) is 0 Å². The lowest BCUT2D eigenvalue weighted by Gasteiger charge is -2.14. The van der Waals surface area contributed by atoms with E-state index in [0.29, 0.717) is 11.5 Å². The predicted molar refractivity (Wildman–Crippen MR) is 116 cm³/mol. The second-order valence-corrected chi connectivity index (χ2v) is 7.87. The quantitative estimate of drug-likeness (QED) is 0.508. The lowest BCUT2D eigenvalue weighted by Crippen LogP contribution is -2.11. The Morgan fingerprint density at radius 3 is 2.39 bits per heavy atom. The zero-order valence-electron chi connectivity index (χ0n) is 16.8. The number of carbonyl (C=O) groups excluding carboxylic acids is 1. The minimum atomic E-state index is -0.405. The molecular weight excluding hydrogens is 344 g/mol. The number of rotatable bonds is 4. The molecule has 1 aromatic heterocycles. The molecule has 0 saturated heterocycles. The monoisotopic (exact) mass is 369 g/mol. The second kappa shape index (κ2) is 6.83. The van der Waals surface area contributed by atoms with Crippen LogP contribution in [0.15, 0.2) is 48.5 Å². The molecule has 0 spiro atoms. The van der Waals surface area contributed by atoms with Gasteiger partial charge in [-0.15, -0.1) is 0 Å². The van der Waals surface area contributed by atoms with Crippen LogP contribution < -0.4 is 5.73 Å². The smallest absolute Gasteiger partial charge is 0.249 e. The maximum Gasteiger partial charge on any atom is 0.249 e. The molecule has 1 radical (unpaired) electrons. The minimum Gasteiger partial charge on any atom is -0.366 e. The van der Waals surface area contributed by atoms with Crippen molar-refractivity contribution in [3.05, 3.63) is 82.4 Å². The van der Waals surface area contributed by atoms with Crippen LogP contribution >= 0.6 is 0 Å². The first-order chi connectivity index (χ1) is 13.4. The third-order valence-electron chi connectivity index (χ3n) is 5.71. The third-order valence-corrected chi connectivity index (χ3v) is 5.71. The molecule has 141 valence electrons. The van der Waals surface area contributed by atoms with Crippen LogP contribution in [0.25, 0.3) is 21.8 Å². The van der Waals surface area contributed by atoms with Gasteiger partial charge in [0.25, 0.3) is 0 Å². The average molecular weight is 369 g/mol. The molecule has 0 fully saturated rings. The number of benzene rings is 3. The third kappa shape index (κ3) is 2.88. The Morgan fingerprint density at radius 2 is 1.75 bits per heavy atom. The van der Waals surface area contributed by atoms with Crippen molar-refractivity contribution in [3.8, 4) is 0 Å². The van der Waals surface area contributed by atoms with Crippen molar-refractivity contribution in [3.63, 3.8) is 0 Å². The number of fused-ring (bicyclic) bond motifs is 3. The number of carbonyl (C=O) groups is 1. The summed E-state index contributed by atoms with van der Waals surface area (Å²) >= 11 is 0. The van der Waals surface area contributed by atoms with Crippen LogP contribution in [0.2, 0.25) is 0 Å². The van der Waals surface area contributed by atoms with Crippen LogP contribution in [0.4, 0.5) is 0 Å². The summed E-state index contributed by atoms with van der Waals surface area (Å²) in [5.74, 6) is 0.000906. The topological polar surface area (TPSA) is 48.0 Å². The van der Waals surface area contributed by atoms with E-state index in [1.807, 2.05) is 12.1 Å². The fourth-order valence-corrected chi connectivity index (χ4v) is 4.04. The Bertz CT molecular complexity index is 1190. The highest BCUT2D eigenvalue weighted by atomic mass is 16.1. The number of aryl methyl sites for hydroxylation is 2. The fourth-order valence-electron chi connectivity index (χ4n) is 4.04. The Labute approximate surface area is 165 Å². The summed E-state index contributed by atoms with van der Waals surface area (Å²) in [4.78, 5) is 12.1. The number of primary amides is 1. The summed E-state index contributed by atoms with van der Waals surface area (Å²) in [5.41, 5.74) is 13.4. The lowest BCUT2D eigenvalue weighted by molar-refractivity contribution is 0.100. The van der Waals surface area contributed by atoms with Gasteiger partial charge in [0.2, 0.25) is 5.91 Å². The van der Waals surface area contributed by atoms with Crippen molar-refractivity contribution < 1.29 is 4.79 Å². The van der Waals surface area contributed by atoms with E-state index in [1.165, 1.54) is 22.3 Å². The Balaban J connectivity index is 2.08. The summed E-state index contributed by atoms with van der Waals surface area (Å²) in [5, 5.41) is 1.85. The number of nitrogens with two attached hydrogens (primary N) is 1. The average Bonchev–Trinajstić information content (AvgIpc) is 2.97. The highest BCUT2D eigenvalue weighted by Gasteiger charge is 2.18. The maximum atomic E-state index is 12.1. The van der Waals surface area contributed by atoms with Gasteiger partial charge < -0.3 is 10.3 Å². The zero-order valence-corrected chi connectivity index (χ0v) is 16.8. The maximum absolute atomic E-state index is 12.1. The van der Waals surface area contributed by atoms with E-state index in [0.717, 1.165) is 28.4 Å². The summed E-state index contributed by atoms with van der Waals surface area (Å²) < 4.78 is 2.30. The van der Waals surface area contributed by atoms with Crippen molar-refractivity contribution in [2.45, 2.75) is 40.2 Å². The molecule has 0 saturated carbocycles. The number of amides is 1. The molecule has 0 aliphatic rings. The van der Waals surface area contributed by atoms with Crippen LogP contribution in [0, 0.1) is 19.9 Å². The number of nitrogens with zero attached hydrogens (tertiary/aromatic N) is 1. The van der Waals surface area contributed by atoms with E-state index in [1.54, 1.807) is 6.07 Å². The van der Waals surface area contributed by atoms with Crippen molar-refractivity contribution in [1.29, 1.82) is 0 Å². The van der Waals surface area contributed by atoms with Crippen molar-refractivity contribution in [2.75, 3.05) is 0 Å². The molecular formula is C25H25N2O. The first-order valence-corrected chi connectivity index (χ1v) is 9.70. The fraction of sp³-hybridized carbons (Fsp3) is 0.240. The van der Waals surface area contributed by atoms with E-state index in [2.05, 4.69) is 68.7 Å². The second-order valence-electron chi connectivity index (χ2n) is 7.87. The van der Waals surface area contributed by atoms with Gasteiger partial charge in [0.1, 0.15) is 0 Å². The molecule has 0 bridgehead atoms.